The van der Waals surface area contributed by atoms with Crippen LogP contribution in [0.4, 0.5) is 22.7 Å². The molecule has 2 amide bonds. The number of nitrogens with zero attached hydrogens (tertiary/aromatic N) is 2. The van der Waals surface area contributed by atoms with E-state index in [-0.39, 0.29) is 17.6 Å². The summed E-state index contributed by atoms with van der Waals surface area (Å²) in [6.07, 6.45) is 0. The second-order valence-corrected chi connectivity index (χ2v) is 14.0. The Kier molecular flexibility index (Phi) is 9.61. The van der Waals surface area contributed by atoms with Crippen LogP contribution in [0.3, 0.4) is 0 Å². The van der Waals surface area contributed by atoms with E-state index in [9.17, 15) is 14.7 Å². The third-order valence-corrected chi connectivity index (χ3v) is 10.2. The van der Waals surface area contributed by atoms with Gasteiger partial charge >= 0.3 is 0 Å². The molecule has 256 valence electrons. The predicted molar refractivity (Wildman–Crippen MR) is 214 cm³/mol. The highest BCUT2D eigenvalue weighted by molar-refractivity contribution is 7.22. The lowest BCUT2D eigenvalue weighted by Crippen LogP contribution is -2.11. The van der Waals surface area contributed by atoms with Crippen LogP contribution in [-0.2, 0) is 0 Å². The Balaban J connectivity index is 0.000000162. The molecule has 8 rings (SSSR count). The highest BCUT2D eigenvalue weighted by atomic mass is 32.1. The van der Waals surface area contributed by atoms with Crippen LogP contribution < -0.4 is 22.1 Å². The monoisotopic (exact) mass is 720 g/mol. The molecule has 11 heteroatoms. The van der Waals surface area contributed by atoms with Gasteiger partial charge in [-0.2, -0.15) is 0 Å². The van der Waals surface area contributed by atoms with E-state index < -0.39 is 0 Å². The molecule has 0 saturated heterocycles. The first-order valence-electron chi connectivity index (χ1n) is 16.2. The van der Waals surface area contributed by atoms with Crippen LogP contribution in [0.25, 0.3) is 41.6 Å². The number of rotatable bonds is 6. The molecule has 2 aromatic heterocycles. The average Bonchev–Trinajstić information content (AvgIpc) is 3.77. The number of phenols is 1. The fourth-order valence-electron chi connectivity index (χ4n) is 5.26. The van der Waals surface area contributed by atoms with Crippen molar-refractivity contribution in [3.8, 4) is 26.9 Å². The molecule has 8 aromatic rings. The lowest BCUT2D eigenvalue weighted by molar-refractivity contribution is 0.101. The van der Waals surface area contributed by atoms with Crippen molar-refractivity contribution in [2.75, 3.05) is 22.1 Å². The average molecular weight is 721 g/mol. The summed E-state index contributed by atoms with van der Waals surface area (Å²) in [5.74, 6) is -0.116. The lowest BCUT2D eigenvalue weighted by atomic mass is 10.1. The van der Waals surface area contributed by atoms with Crippen LogP contribution in [0, 0.1) is 6.92 Å². The fraction of sp³-hybridized carbons (Fsp3) is 0.0244. The lowest BCUT2D eigenvalue weighted by Gasteiger charge is -2.06. The number of thiazole rings is 2. The fourth-order valence-corrected chi connectivity index (χ4v) is 7.33. The van der Waals surface area contributed by atoms with Crippen LogP contribution in [0.15, 0.2) is 133 Å². The maximum Gasteiger partial charge on any atom is 0.255 e. The van der Waals surface area contributed by atoms with E-state index in [2.05, 4.69) is 39.7 Å². The normalized spacial score (nSPS) is 10.8. The van der Waals surface area contributed by atoms with Crippen molar-refractivity contribution >= 4 is 77.7 Å². The number of hydrogen-bond acceptors (Lipinski definition) is 9. The van der Waals surface area contributed by atoms with E-state index in [1.54, 1.807) is 78.1 Å². The smallest absolute Gasteiger partial charge is 0.255 e. The van der Waals surface area contributed by atoms with Crippen LogP contribution in [-0.4, -0.2) is 26.9 Å². The SMILES string of the molecule is Cc1ccc2nc(-c3ccc(NC(=O)c4ccc(N)cc4)cc3)sc2c1.Nc1ccc(C(=O)Nc2ccc(-c3nc4ccc(O)cc4s3)cc2)cc1. The van der Waals surface area contributed by atoms with Crippen molar-refractivity contribution in [3.63, 3.8) is 0 Å². The van der Waals surface area contributed by atoms with Crippen molar-refractivity contribution < 1.29 is 14.7 Å². The Bertz CT molecular complexity index is 2350. The molecule has 0 radical (unpaired) electrons. The zero-order valence-corrected chi connectivity index (χ0v) is 29.5. The maximum atomic E-state index is 12.3. The number of benzene rings is 6. The number of nitrogens with one attached hydrogen (secondary N) is 2. The van der Waals surface area contributed by atoms with E-state index in [4.69, 9.17) is 11.5 Å². The number of aryl methyl sites for hydroxylation is 1. The highest BCUT2D eigenvalue weighted by Gasteiger charge is 2.11. The molecule has 0 aliphatic carbocycles. The van der Waals surface area contributed by atoms with Gasteiger partial charge < -0.3 is 27.2 Å². The molecule has 0 saturated carbocycles. The van der Waals surface area contributed by atoms with E-state index >= 15 is 0 Å². The highest BCUT2D eigenvalue weighted by Crippen LogP contribution is 2.33. The van der Waals surface area contributed by atoms with Crippen molar-refractivity contribution in [2.45, 2.75) is 6.92 Å². The van der Waals surface area contributed by atoms with Gasteiger partial charge in [0.1, 0.15) is 15.8 Å². The summed E-state index contributed by atoms with van der Waals surface area (Å²) in [5.41, 5.74) is 20.2. The first-order chi connectivity index (χ1) is 25.2. The molecule has 7 N–H and O–H groups in total. The van der Waals surface area contributed by atoms with Gasteiger partial charge in [-0.1, -0.05) is 6.07 Å². The van der Waals surface area contributed by atoms with Gasteiger partial charge in [-0.25, -0.2) is 9.97 Å². The molecule has 0 bridgehead atoms. The molecule has 0 aliphatic heterocycles. The zero-order chi connectivity index (χ0) is 36.2. The molecule has 6 aromatic carbocycles. The van der Waals surface area contributed by atoms with E-state index in [1.165, 1.54) is 21.6 Å². The molecule has 9 nitrogen and oxygen atoms in total. The Morgan fingerprint density at radius 3 is 1.44 bits per heavy atom. The summed E-state index contributed by atoms with van der Waals surface area (Å²) in [6.45, 7) is 2.08. The largest absolute Gasteiger partial charge is 0.508 e. The second-order valence-electron chi connectivity index (χ2n) is 12.0. The first-order valence-corrected chi connectivity index (χ1v) is 17.8. The van der Waals surface area contributed by atoms with Crippen LogP contribution >= 0.6 is 22.7 Å². The van der Waals surface area contributed by atoms with Gasteiger partial charge in [-0.05, 0) is 140 Å². The number of hydrogen-bond donors (Lipinski definition) is 5. The molecule has 2 heterocycles. The standard InChI is InChI=1S/C21H17N3OS.C20H15N3O2S/c1-13-2-11-18-19(12-13)26-21(24-18)15-5-9-17(10-6-15)23-20(25)14-3-7-16(22)8-4-14;21-14-5-1-12(2-6-14)19(25)22-15-7-3-13(4-8-15)20-23-17-10-9-16(24)11-18(17)26-20/h2-12H,22H2,1H3,(H,23,25);1-11,24H,21H2,(H,22,25). The number of anilines is 4. The van der Waals surface area contributed by atoms with Gasteiger partial charge in [0.05, 0.1) is 20.4 Å². The van der Waals surface area contributed by atoms with E-state index in [0.717, 1.165) is 42.6 Å². The van der Waals surface area contributed by atoms with Gasteiger partial charge in [0.25, 0.3) is 11.8 Å². The second kappa shape index (κ2) is 14.7. The summed E-state index contributed by atoms with van der Waals surface area (Å²) in [7, 11) is 0. The maximum absolute atomic E-state index is 12.3. The van der Waals surface area contributed by atoms with Gasteiger partial charge in [0.2, 0.25) is 0 Å². The number of fused-ring (bicyclic) bond motifs is 2. The minimum atomic E-state index is -0.187. The minimum Gasteiger partial charge on any atom is -0.508 e. The van der Waals surface area contributed by atoms with E-state index in [1.807, 2.05) is 54.6 Å². The topological polar surface area (TPSA) is 156 Å². The summed E-state index contributed by atoms with van der Waals surface area (Å²) in [4.78, 5) is 33.8. The molecule has 52 heavy (non-hydrogen) atoms. The van der Waals surface area contributed by atoms with Crippen molar-refractivity contribution in [3.05, 3.63) is 150 Å². The number of carbonyl (C=O) groups is 2. The van der Waals surface area contributed by atoms with Crippen LogP contribution in [0.1, 0.15) is 26.3 Å². The van der Waals surface area contributed by atoms with Gasteiger partial charge in [-0.15, -0.1) is 22.7 Å². The quantitative estimate of drug-likeness (QED) is 0.107. The Hall–Kier alpha value is -6.56. The molecular weight excluding hydrogens is 689 g/mol. The van der Waals surface area contributed by atoms with Gasteiger partial charge in [0, 0.05) is 45.0 Å². The van der Waals surface area contributed by atoms with Crippen molar-refractivity contribution in [1.82, 2.24) is 9.97 Å². The van der Waals surface area contributed by atoms with Crippen LogP contribution in [0.2, 0.25) is 0 Å². The minimum absolute atomic E-state index is 0.159. The number of nitrogens with two attached hydrogens (primary N) is 2. The van der Waals surface area contributed by atoms with E-state index in [0.29, 0.717) is 28.2 Å². The summed E-state index contributed by atoms with van der Waals surface area (Å²) in [5, 5.41) is 17.2. The Morgan fingerprint density at radius 1 is 0.558 bits per heavy atom. The number of aromatic hydroxyl groups is 1. The predicted octanol–water partition coefficient (Wildman–Crippen LogP) is 9.61. The number of nitrogen functional groups attached to an aromatic ring is 2. The Morgan fingerprint density at radius 2 is 0.981 bits per heavy atom. The van der Waals surface area contributed by atoms with Gasteiger partial charge in [0.15, 0.2) is 0 Å². The molecule has 0 atom stereocenters. The molecule has 0 aliphatic rings. The molecule has 0 spiro atoms. The number of phenolic OH excluding ortho intramolecular Hbond substituents is 1. The number of carbonyl (C=O) groups excluding carboxylic acids is 2. The van der Waals surface area contributed by atoms with Crippen LogP contribution in [0.5, 0.6) is 5.75 Å². The Labute approximate surface area is 307 Å². The van der Waals surface area contributed by atoms with Crippen molar-refractivity contribution in [1.29, 1.82) is 0 Å². The zero-order valence-electron chi connectivity index (χ0n) is 27.8. The van der Waals surface area contributed by atoms with Crippen molar-refractivity contribution in [2.24, 2.45) is 0 Å². The summed E-state index contributed by atoms with van der Waals surface area (Å²) >= 11 is 3.18. The third kappa shape index (κ3) is 7.91. The molecule has 0 unspecified atom stereocenters. The molecule has 0 fully saturated rings. The summed E-state index contributed by atoms with van der Waals surface area (Å²) in [6, 6.07) is 40.3. The summed E-state index contributed by atoms with van der Waals surface area (Å²) < 4.78 is 2.11. The number of aromatic nitrogens is 2. The molecular formula is C41H32N6O3S2. The first kappa shape index (κ1) is 33.9. The number of amides is 2. The third-order valence-electron chi connectivity index (χ3n) is 8.04. The van der Waals surface area contributed by atoms with Gasteiger partial charge in [-0.3, -0.25) is 9.59 Å².